The normalized spacial score (nSPS) is 11.8. The number of rotatable bonds is 11. The van der Waals surface area contributed by atoms with Crippen LogP contribution in [0.1, 0.15) is 38.3 Å². The highest BCUT2D eigenvalue weighted by atomic mass is 35.5. The molecule has 174 valence electrons. The molecule has 2 rings (SSSR count). The Morgan fingerprint density at radius 3 is 2.38 bits per heavy atom. The van der Waals surface area contributed by atoms with Crippen molar-refractivity contribution in [3.05, 3.63) is 63.6 Å². The van der Waals surface area contributed by atoms with Gasteiger partial charge in [0.15, 0.2) is 0 Å². The molecule has 0 heterocycles. The highest BCUT2D eigenvalue weighted by molar-refractivity contribution is 7.99. The Morgan fingerprint density at radius 2 is 1.81 bits per heavy atom. The monoisotopic (exact) mass is 496 g/mol. The number of halogens is 2. The molecular formula is C24H30Cl2N2O3S. The molecule has 0 bridgehead atoms. The lowest BCUT2D eigenvalue weighted by atomic mass is 10.1. The lowest BCUT2D eigenvalue weighted by Gasteiger charge is -2.31. The predicted molar refractivity (Wildman–Crippen MR) is 134 cm³/mol. The van der Waals surface area contributed by atoms with Gasteiger partial charge < -0.3 is 15.0 Å². The van der Waals surface area contributed by atoms with Crippen molar-refractivity contribution in [3.8, 4) is 5.75 Å². The standard InChI is InChI=1S/C24H30Cl2N2O3S/c1-5-22(24(30)27-16(2)3)28(13-18-8-9-19(25)12-21(18)26)23(29)15-32-14-17-6-10-20(31-4)11-7-17/h6-12,16,22H,5,13-15H2,1-4H3,(H,27,30)/t22-/m1/s1. The Morgan fingerprint density at radius 1 is 1.12 bits per heavy atom. The second-order valence-electron chi connectivity index (χ2n) is 7.69. The minimum absolute atomic E-state index is 0.0166. The highest BCUT2D eigenvalue weighted by Gasteiger charge is 2.29. The van der Waals surface area contributed by atoms with Crippen molar-refractivity contribution >= 4 is 46.8 Å². The number of amides is 2. The van der Waals surface area contributed by atoms with Crippen molar-refractivity contribution in [1.29, 1.82) is 0 Å². The maximum atomic E-state index is 13.2. The first-order valence-electron chi connectivity index (χ1n) is 10.5. The molecule has 1 N–H and O–H groups in total. The predicted octanol–water partition coefficient (Wildman–Crippen LogP) is 5.57. The highest BCUT2D eigenvalue weighted by Crippen LogP contribution is 2.25. The van der Waals surface area contributed by atoms with Gasteiger partial charge >= 0.3 is 0 Å². The summed E-state index contributed by atoms with van der Waals surface area (Å²) >= 11 is 13.9. The Balaban J connectivity index is 2.15. The topological polar surface area (TPSA) is 58.6 Å². The fraction of sp³-hybridized carbons (Fsp3) is 0.417. The van der Waals surface area contributed by atoms with E-state index in [-0.39, 0.29) is 30.2 Å². The minimum Gasteiger partial charge on any atom is -0.497 e. The van der Waals surface area contributed by atoms with E-state index in [1.165, 1.54) is 11.8 Å². The molecule has 0 aromatic heterocycles. The smallest absolute Gasteiger partial charge is 0.243 e. The Hall–Kier alpha value is -1.89. The van der Waals surface area contributed by atoms with Crippen LogP contribution in [-0.4, -0.2) is 41.7 Å². The summed E-state index contributed by atoms with van der Waals surface area (Å²) in [6.45, 7) is 5.94. The van der Waals surface area contributed by atoms with Crippen molar-refractivity contribution in [2.24, 2.45) is 0 Å². The fourth-order valence-corrected chi connectivity index (χ4v) is 4.53. The van der Waals surface area contributed by atoms with E-state index in [0.717, 1.165) is 16.9 Å². The van der Waals surface area contributed by atoms with Crippen LogP contribution in [0.3, 0.4) is 0 Å². The molecule has 0 aliphatic heterocycles. The molecule has 2 aromatic carbocycles. The number of nitrogens with one attached hydrogen (secondary N) is 1. The molecular weight excluding hydrogens is 467 g/mol. The molecule has 0 aliphatic rings. The van der Waals surface area contributed by atoms with Gasteiger partial charge in [0.2, 0.25) is 11.8 Å². The van der Waals surface area contributed by atoms with Crippen LogP contribution in [0.25, 0.3) is 0 Å². The molecule has 8 heteroatoms. The number of methoxy groups -OCH3 is 1. The van der Waals surface area contributed by atoms with Crippen LogP contribution in [-0.2, 0) is 21.9 Å². The van der Waals surface area contributed by atoms with Crippen LogP contribution in [0.4, 0.5) is 0 Å². The SMILES string of the molecule is CC[C@H](C(=O)NC(C)C)N(Cc1ccc(Cl)cc1Cl)C(=O)CSCc1ccc(OC)cc1. The molecule has 0 fully saturated rings. The maximum Gasteiger partial charge on any atom is 0.243 e. The number of ether oxygens (including phenoxy) is 1. The van der Waals surface area contributed by atoms with Gasteiger partial charge in [-0.15, -0.1) is 11.8 Å². The lowest BCUT2D eigenvalue weighted by molar-refractivity contribution is -0.139. The van der Waals surface area contributed by atoms with E-state index < -0.39 is 6.04 Å². The molecule has 1 atom stereocenters. The summed E-state index contributed by atoms with van der Waals surface area (Å²) in [6.07, 6.45) is 0.499. The summed E-state index contributed by atoms with van der Waals surface area (Å²) in [5.74, 6) is 1.45. The fourth-order valence-electron chi connectivity index (χ4n) is 3.19. The summed E-state index contributed by atoms with van der Waals surface area (Å²) in [4.78, 5) is 27.7. The zero-order chi connectivity index (χ0) is 23.7. The zero-order valence-electron chi connectivity index (χ0n) is 18.9. The van der Waals surface area contributed by atoms with E-state index in [2.05, 4.69) is 5.32 Å². The minimum atomic E-state index is -0.585. The van der Waals surface area contributed by atoms with E-state index in [0.29, 0.717) is 22.2 Å². The number of thioether (sulfide) groups is 1. The number of nitrogens with zero attached hydrogens (tertiary/aromatic N) is 1. The van der Waals surface area contributed by atoms with Crippen LogP contribution in [0.2, 0.25) is 10.0 Å². The lowest BCUT2D eigenvalue weighted by Crippen LogP contribution is -2.51. The van der Waals surface area contributed by atoms with Gasteiger partial charge in [-0.2, -0.15) is 0 Å². The number of benzene rings is 2. The van der Waals surface area contributed by atoms with Crippen molar-refractivity contribution < 1.29 is 14.3 Å². The molecule has 0 aliphatic carbocycles. The summed E-state index contributed by atoms with van der Waals surface area (Å²) in [6, 6.07) is 12.3. The van der Waals surface area contributed by atoms with E-state index in [1.54, 1.807) is 30.2 Å². The summed E-state index contributed by atoms with van der Waals surface area (Å²) in [5, 5.41) is 3.92. The van der Waals surface area contributed by atoms with E-state index >= 15 is 0 Å². The molecule has 2 aromatic rings. The van der Waals surface area contributed by atoms with E-state index in [4.69, 9.17) is 27.9 Å². The first-order chi connectivity index (χ1) is 15.2. The third kappa shape index (κ3) is 7.91. The van der Waals surface area contributed by atoms with E-state index in [1.807, 2.05) is 45.0 Å². The van der Waals surface area contributed by atoms with Gasteiger partial charge in [0.1, 0.15) is 11.8 Å². The van der Waals surface area contributed by atoms with Crippen LogP contribution in [0.15, 0.2) is 42.5 Å². The van der Waals surface area contributed by atoms with Crippen LogP contribution in [0.5, 0.6) is 5.75 Å². The van der Waals surface area contributed by atoms with Gasteiger partial charge in [-0.3, -0.25) is 9.59 Å². The molecule has 0 unspecified atom stereocenters. The summed E-state index contributed by atoms with van der Waals surface area (Å²) < 4.78 is 5.18. The zero-order valence-corrected chi connectivity index (χ0v) is 21.2. The van der Waals surface area contributed by atoms with Crippen molar-refractivity contribution in [3.63, 3.8) is 0 Å². The molecule has 0 spiro atoms. The van der Waals surface area contributed by atoms with Gasteiger partial charge in [0.25, 0.3) is 0 Å². The average molecular weight is 497 g/mol. The number of carbonyl (C=O) groups is 2. The second kappa shape index (κ2) is 13.0. The maximum absolute atomic E-state index is 13.2. The van der Waals surface area contributed by atoms with Crippen molar-refractivity contribution in [1.82, 2.24) is 10.2 Å². The third-order valence-corrected chi connectivity index (χ3v) is 6.40. The van der Waals surface area contributed by atoms with Crippen LogP contribution in [0, 0.1) is 0 Å². The summed E-state index contributed by atoms with van der Waals surface area (Å²) in [5.41, 5.74) is 1.85. The molecule has 2 amide bonds. The van der Waals surface area contributed by atoms with Gasteiger partial charge in [0, 0.05) is 28.4 Å². The van der Waals surface area contributed by atoms with Gasteiger partial charge in [0.05, 0.1) is 12.9 Å². The van der Waals surface area contributed by atoms with Crippen molar-refractivity contribution in [2.45, 2.75) is 51.6 Å². The quantitative estimate of drug-likeness (QED) is 0.441. The Kier molecular flexibility index (Phi) is 10.7. The molecule has 0 radical (unpaired) electrons. The molecule has 0 saturated carbocycles. The average Bonchev–Trinajstić information content (AvgIpc) is 2.75. The first-order valence-corrected chi connectivity index (χ1v) is 12.4. The first kappa shape index (κ1) is 26.4. The number of hydrogen-bond acceptors (Lipinski definition) is 4. The Labute approximate surface area is 204 Å². The third-order valence-electron chi connectivity index (χ3n) is 4.83. The van der Waals surface area contributed by atoms with E-state index in [9.17, 15) is 9.59 Å². The van der Waals surface area contributed by atoms with Crippen molar-refractivity contribution in [2.75, 3.05) is 12.9 Å². The molecule has 0 saturated heterocycles. The second-order valence-corrected chi connectivity index (χ2v) is 9.51. The Bertz CT molecular complexity index is 907. The van der Waals surface area contributed by atoms with Crippen LogP contribution >= 0.6 is 35.0 Å². The summed E-state index contributed by atoms with van der Waals surface area (Å²) in [7, 11) is 1.63. The molecule has 5 nitrogen and oxygen atoms in total. The van der Waals surface area contributed by atoms with Crippen LogP contribution < -0.4 is 10.1 Å². The largest absolute Gasteiger partial charge is 0.497 e. The number of carbonyl (C=O) groups excluding carboxylic acids is 2. The van der Waals surface area contributed by atoms with Gasteiger partial charge in [-0.05, 0) is 55.7 Å². The van der Waals surface area contributed by atoms with Gasteiger partial charge in [-0.1, -0.05) is 48.3 Å². The number of hydrogen-bond donors (Lipinski definition) is 1. The molecule has 32 heavy (non-hydrogen) atoms. The van der Waals surface area contributed by atoms with Gasteiger partial charge in [-0.25, -0.2) is 0 Å².